The quantitative estimate of drug-likeness (QED) is 0.768. The summed E-state index contributed by atoms with van der Waals surface area (Å²) in [5.74, 6) is 1.76. The number of nitrogens with zero attached hydrogens (tertiary/aromatic N) is 2. The second-order valence-corrected chi connectivity index (χ2v) is 5.69. The highest BCUT2D eigenvalue weighted by Gasteiger charge is 2.31. The Morgan fingerprint density at radius 2 is 1.94 bits per heavy atom. The SMILES string of the molecule is CCNCc1coc(N(CC2CC2)CC2CC2)n1. The second-order valence-electron chi connectivity index (χ2n) is 5.69. The van der Waals surface area contributed by atoms with Crippen LogP contribution in [0.3, 0.4) is 0 Å². The van der Waals surface area contributed by atoms with E-state index in [-0.39, 0.29) is 0 Å². The van der Waals surface area contributed by atoms with Crippen molar-refractivity contribution in [2.45, 2.75) is 39.2 Å². The van der Waals surface area contributed by atoms with Crippen LogP contribution in [0.5, 0.6) is 0 Å². The van der Waals surface area contributed by atoms with Gasteiger partial charge in [-0.05, 0) is 44.1 Å². The maximum atomic E-state index is 5.66. The highest BCUT2D eigenvalue weighted by atomic mass is 16.4. The van der Waals surface area contributed by atoms with E-state index in [2.05, 4.69) is 22.1 Å². The first kappa shape index (κ1) is 12.0. The summed E-state index contributed by atoms with van der Waals surface area (Å²) in [5, 5.41) is 3.28. The van der Waals surface area contributed by atoms with Gasteiger partial charge in [-0.25, -0.2) is 0 Å². The van der Waals surface area contributed by atoms with E-state index in [4.69, 9.17) is 4.42 Å². The Morgan fingerprint density at radius 1 is 1.28 bits per heavy atom. The topological polar surface area (TPSA) is 41.3 Å². The number of nitrogens with one attached hydrogen (secondary N) is 1. The van der Waals surface area contributed by atoms with Gasteiger partial charge in [0.15, 0.2) is 0 Å². The van der Waals surface area contributed by atoms with Crippen LogP contribution in [0.2, 0.25) is 0 Å². The van der Waals surface area contributed by atoms with E-state index in [9.17, 15) is 0 Å². The highest BCUT2D eigenvalue weighted by molar-refractivity contribution is 5.28. The van der Waals surface area contributed by atoms with Crippen molar-refractivity contribution >= 4 is 6.01 Å². The van der Waals surface area contributed by atoms with Crippen LogP contribution in [-0.4, -0.2) is 24.6 Å². The Morgan fingerprint density at radius 3 is 2.50 bits per heavy atom. The first-order chi connectivity index (χ1) is 8.85. The third-order valence-electron chi connectivity index (χ3n) is 3.72. The molecule has 1 aromatic heterocycles. The maximum Gasteiger partial charge on any atom is 0.297 e. The Bertz CT molecular complexity index is 368. The summed E-state index contributed by atoms with van der Waals surface area (Å²) >= 11 is 0. The number of anilines is 1. The van der Waals surface area contributed by atoms with Crippen molar-refractivity contribution in [2.24, 2.45) is 11.8 Å². The zero-order valence-corrected chi connectivity index (χ0v) is 11.2. The number of aromatic nitrogens is 1. The zero-order valence-electron chi connectivity index (χ0n) is 11.2. The Kier molecular flexibility index (Phi) is 3.55. The van der Waals surface area contributed by atoms with Gasteiger partial charge in [-0.3, -0.25) is 0 Å². The fraction of sp³-hybridized carbons (Fsp3) is 0.786. The molecule has 3 rings (SSSR count). The molecule has 1 aromatic rings. The minimum atomic E-state index is 0.806. The van der Waals surface area contributed by atoms with Crippen molar-refractivity contribution in [1.82, 2.24) is 10.3 Å². The van der Waals surface area contributed by atoms with Crippen LogP contribution in [0.1, 0.15) is 38.3 Å². The van der Waals surface area contributed by atoms with Crippen molar-refractivity contribution in [3.05, 3.63) is 12.0 Å². The average Bonchev–Trinajstić information content (AvgIpc) is 3.29. The Hall–Kier alpha value is -1.03. The number of oxazole rings is 1. The molecule has 0 atom stereocenters. The van der Waals surface area contributed by atoms with E-state index in [1.807, 2.05) is 0 Å². The van der Waals surface area contributed by atoms with Gasteiger partial charge in [-0.2, -0.15) is 4.98 Å². The minimum absolute atomic E-state index is 0.806. The smallest absolute Gasteiger partial charge is 0.297 e. The molecule has 100 valence electrons. The fourth-order valence-corrected chi connectivity index (χ4v) is 2.23. The molecule has 0 unspecified atom stereocenters. The molecule has 4 heteroatoms. The van der Waals surface area contributed by atoms with Gasteiger partial charge in [0.2, 0.25) is 0 Å². The average molecular weight is 249 g/mol. The number of hydrogen-bond acceptors (Lipinski definition) is 4. The minimum Gasteiger partial charge on any atom is -0.432 e. The second kappa shape index (κ2) is 5.31. The molecule has 18 heavy (non-hydrogen) atoms. The molecular formula is C14H23N3O. The van der Waals surface area contributed by atoms with Crippen LogP contribution in [0.15, 0.2) is 10.7 Å². The van der Waals surface area contributed by atoms with E-state index in [0.717, 1.165) is 49.7 Å². The Labute approximate surface area is 109 Å². The van der Waals surface area contributed by atoms with Gasteiger partial charge in [0.1, 0.15) is 6.26 Å². The molecule has 0 aliphatic heterocycles. The summed E-state index contributed by atoms with van der Waals surface area (Å²) in [6.45, 7) is 6.15. The summed E-state index contributed by atoms with van der Waals surface area (Å²) in [7, 11) is 0. The zero-order chi connectivity index (χ0) is 12.4. The molecule has 0 radical (unpaired) electrons. The molecule has 2 fully saturated rings. The van der Waals surface area contributed by atoms with Crippen molar-refractivity contribution in [2.75, 3.05) is 24.5 Å². The van der Waals surface area contributed by atoms with E-state index in [0.29, 0.717) is 0 Å². The Balaban J connectivity index is 1.61. The predicted molar refractivity (Wildman–Crippen MR) is 71.5 cm³/mol. The predicted octanol–water partition coefficient (Wildman–Crippen LogP) is 2.41. The summed E-state index contributed by atoms with van der Waals surface area (Å²) in [5.41, 5.74) is 1.02. The lowest BCUT2D eigenvalue weighted by Gasteiger charge is -2.19. The van der Waals surface area contributed by atoms with Gasteiger partial charge in [-0.15, -0.1) is 0 Å². The van der Waals surface area contributed by atoms with Crippen molar-refractivity contribution < 1.29 is 4.42 Å². The number of rotatable bonds is 8. The van der Waals surface area contributed by atoms with Crippen LogP contribution >= 0.6 is 0 Å². The molecule has 2 saturated carbocycles. The third-order valence-corrected chi connectivity index (χ3v) is 3.72. The fourth-order valence-electron chi connectivity index (χ4n) is 2.23. The molecule has 0 amide bonds. The lowest BCUT2D eigenvalue weighted by Crippen LogP contribution is -2.28. The van der Waals surface area contributed by atoms with Crippen molar-refractivity contribution in [1.29, 1.82) is 0 Å². The lowest BCUT2D eigenvalue weighted by atomic mass is 10.3. The summed E-state index contributed by atoms with van der Waals surface area (Å²) in [4.78, 5) is 6.97. The maximum absolute atomic E-state index is 5.66. The van der Waals surface area contributed by atoms with Crippen molar-refractivity contribution in [3.63, 3.8) is 0 Å². The van der Waals surface area contributed by atoms with Crippen LogP contribution in [0, 0.1) is 11.8 Å². The largest absolute Gasteiger partial charge is 0.432 e. The van der Waals surface area contributed by atoms with Crippen LogP contribution in [-0.2, 0) is 6.54 Å². The molecule has 1 heterocycles. The lowest BCUT2D eigenvalue weighted by molar-refractivity contribution is 0.517. The van der Waals surface area contributed by atoms with E-state index < -0.39 is 0 Å². The summed E-state index contributed by atoms with van der Waals surface area (Å²) in [6.07, 6.45) is 7.32. The monoisotopic (exact) mass is 249 g/mol. The normalized spacial score (nSPS) is 19.2. The molecule has 0 saturated heterocycles. The highest BCUT2D eigenvalue weighted by Crippen LogP contribution is 2.35. The van der Waals surface area contributed by atoms with Gasteiger partial charge >= 0.3 is 0 Å². The molecule has 2 aliphatic rings. The van der Waals surface area contributed by atoms with Gasteiger partial charge < -0.3 is 14.6 Å². The molecule has 2 aliphatic carbocycles. The molecular weight excluding hydrogens is 226 g/mol. The van der Waals surface area contributed by atoms with Crippen LogP contribution < -0.4 is 10.2 Å². The molecule has 0 spiro atoms. The first-order valence-electron chi connectivity index (χ1n) is 7.25. The summed E-state index contributed by atoms with van der Waals surface area (Å²) in [6, 6.07) is 0.835. The number of hydrogen-bond donors (Lipinski definition) is 1. The molecule has 4 nitrogen and oxygen atoms in total. The molecule has 0 aromatic carbocycles. The van der Waals surface area contributed by atoms with Crippen LogP contribution in [0.25, 0.3) is 0 Å². The van der Waals surface area contributed by atoms with Gasteiger partial charge in [0.25, 0.3) is 6.01 Å². The van der Waals surface area contributed by atoms with E-state index in [1.165, 1.54) is 25.7 Å². The third kappa shape index (κ3) is 3.25. The van der Waals surface area contributed by atoms with E-state index in [1.54, 1.807) is 6.26 Å². The first-order valence-corrected chi connectivity index (χ1v) is 7.25. The summed E-state index contributed by atoms with van der Waals surface area (Å²) < 4.78 is 5.66. The van der Waals surface area contributed by atoms with Crippen LogP contribution in [0.4, 0.5) is 6.01 Å². The van der Waals surface area contributed by atoms with Gasteiger partial charge in [0.05, 0.1) is 5.69 Å². The molecule has 0 bridgehead atoms. The van der Waals surface area contributed by atoms with Gasteiger partial charge in [-0.1, -0.05) is 6.92 Å². The van der Waals surface area contributed by atoms with Crippen molar-refractivity contribution in [3.8, 4) is 0 Å². The van der Waals surface area contributed by atoms with E-state index >= 15 is 0 Å². The van der Waals surface area contributed by atoms with Gasteiger partial charge in [0, 0.05) is 19.6 Å². The molecule has 1 N–H and O–H groups in total. The standard InChI is InChI=1S/C14H23N3O/c1-2-15-7-13-10-18-14(16-13)17(8-11-3-4-11)9-12-5-6-12/h10-12,15H,2-9H2,1H3.